The Balaban J connectivity index is 2.08. The highest BCUT2D eigenvalue weighted by atomic mass is 32.2. The van der Waals surface area contributed by atoms with Crippen molar-refractivity contribution in [1.29, 1.82) is 0 Å². The summed E-state index contributed by atoms with van der Waals surface area (Å²) in [6.45, 7) is 7.79. The van der Waals surface area contributed by atoms with Crippen LogP contribution in [-0.2, 0) is 47.7 Å². The normalized spacial score (nSPS) is 24.5. The van der Waals surface area contributed by atoms with Gasteiger partial charge in [-0.15, -0.1) is 0 Å². The first-order valence-corrected chi connectivity index (χ1v) is 12.9. The molecule has 1 amide bonds. The maximum atomic E-state index is 13.3. The summed E-state index contributed by atoms with van der Waals surface area (Å²) in [5.74, 6) is -3.17. The number of carbonyl (C=O) groups excluding carboxylic acids is 5. The summed E-state index contributed by atoms with van der Waals surface area (Å²) < 4.78 is 27.7. The second-order valence-corrected chi connectivity index (χ2v) is 9.97. The number of amidine groups is 1. The van der Waals surface area contributed by atoms with Crippen molar-refractivity contribution in [2.75, 3.05) is 11.5 Å². The number of carbonyl (C=O) groups is 5. The quantitative estimate of drug-likeness (QED) is 0.274. The highest BCUT2D eigenvalue weighted by Crippen LogP contribution is 2.38. The van der Waals surface area contributed by atoms with Crippen LogP contribution in [0.4, 0.5) is 5.69 Å². The van der Waals surface area contributed by atoms with E-state index < -0.39 is 53.7 Å². The Bertz CT molecular complexity index is 1190. The summed E-state index contributed by atoms with van der Waals surface area (Å²) in [5, 5.41) is 0.211. The van der Waals surface area contributed by atoms with Gasteiger partial charge in [0.05, 0.1) is 5.69 Å². The Kier molecular flexibility index (Phi) is 9.86. The number of hydrogen-bond donors (Lipinski definition) is 0. The molecule has 0 N–H and O–H groups in total. The van der Waals surface area contributed by atoms with Crippen LogP contribution in [0.15, 0.2) is 46.6 Å². The van der Waals surface area contributed by atoms with E-state index in [1.165, 1.54) is 11.8 Å². The first-order chi connectivity index (χ1) is 18.4. The minimum absolute atomic E-state index is 0.211. The third-order valence-electron chi connectivity index (χ3n) is 5.46. The standard InChI is InChI=1S/C26H30N2O10S/c1-13(2)20-24(33)28(18-10-8-7-9-11-18)26(27-20)39-25-23(37-17(6)32)22(36-16(5)31)21(35-15(4)30)19(38-25)12-34-14(3)29/h7-11,19,21-23,25H,12H2,1-6H3/t19-,21-,22-,23+,25-/m0/s1. The molecule has 2 aliphatic rings. The van der Waals surface area contributed by atoms with Crippen LogP contribution in [-0.4, -0.2) is 71.4 Å². The zero-order valence-corrected chi connectivity index (χ0v) is 23.2. The Morgan fingerprint density at radius 3 is 1.95 bits per heavy atom. The number of allylic oxidation sites excluding steroid dienone is 1. The lowest BCUT2D eigenvalue weighted by atomic mass is 9.99. The monoisotopic (exact) mass is 562 g/mol. The predicted octanol–water partition coefficient (Wildman–Crippen LogP) is 2.50. The van der Waals surface area contributed by atoms with E-state index in [2.05, 4.69) is 4.99 Å². The van der Waals surface area contributed by atoms with Crippen molar-refractivity contribution in [1.82, 2.24) is 0 Å². The number of rotatable bonds is 7. The number of para-hydroxylation sites is 1. The van der Waals surface area contributed by atoms with Gasteiger partial charge in [0.1, 0.15) is 18.4 Å². The molecule has 13 heteroatoms. The lowest BCUT2D eigenvalue weighted by molar-refractivity contribution is -0.237. The van der Waals surface area contributed by atoms with Crippen molar-refractivity contribution in [3.63, 3.8) is 0 Å². The number of esters is 4. The van der Waals surface area contributed by atoms with Crippen LogP contribution in [0.2, 0.25) is 0 Å². The van der Waals surface area contributed by atoms with E-state index in [-0.39, 0.29) is 23.4 Å². The van der Waals surface area contributed by atoms with Crippen LogP contribution in [0.5, 0.6) is 0 Å². The topological polar surface area (TPSA) is 147 Å². The van der Waals surface area contributed by atoms with Crippen LogP contribution in [0.3, 0.4) is 0 Å². The summed E-state index contributed by atoms with van der Waals surface area (Å²) in [6, 6.07) is 8.79. The fourth-order valence-corrected chi connectivity index (χ4v) is 5.17. The first-order valence-electron chi connectivity index (χ1n) is 12.0. The van der Waals surface area contributed by atoms with Crippen molar-refractivity contribution in [3.8, 4) is 0 Å². The minimum atomic E-state index is -1.33. The molecule has 210 valence electrons. The zero-order chi connectivity index (χ0) is 28.9. The van der Waals surface area contributed by atoms with Crippen LogP contribution >= 0.6 is 11.8 Å². The largest absolute Gasteiger partial charge is 0.463 e. The average molecular weight is 563 g/mol. The fraction of sp³-hybridized carbons (Fsp3) is 0.462. The third kappa shape index (κ3) is 7.45. The number of ether oxygens (including phenoxy) is 5. The van der Waals surface area contributed by atoms with Gasteiger partial charge in [0.15, 0.2) is 28.9 Å². The predicted molar refractivity (Wildman–Crippen MR) is 139 cm³/mol. The van der Waals surface area contributed by atoms with E-state index >= 15 is 0 Å². The van der Waals surface area contributed by atoms with Crippen molar-refractivity contribution in [2.24, 2.45) is 4.99 Å². The average Bonchev–Trinajstić information content (AvgIpc) is 3.17. The van der Waals surface area contributed by atoms with Gasteiger partial charge in [-0.05, 0) is 31.6 Å². The maximum absolute atomic E-state index is 13.3. The van der Waals surface area contributed by atoms with E-state index in [4.69, 9.17) is 23.7 Å². The molecule has 0 bridgehead atoms. The number of anilines is 1. The number of amides is 1. The van der Waals surface area contributed by atoms with E-state index in [9.17, 15) is 24.0 Å². The van der Waals surface area contributed by atoms with Crippen LogP contribution in [0, 0.1) is 0 Å². The Labute approximate surface area is 229 Å². The lowest BCUT2D eigenvalue weighted by Crippen LogP contribution is -2.61. The summed E-state index contributed by atoms with van der Waals surface area (Å²) in [5.41, 5.74) is 0.320. The molecule has 2 heterocycles. The molecule has 1 aromatic carbocycles. The van der Waals surface area contributed by atoms with Gasteiger partial charge in [-0.3, -0.25) is 28.9 Å². The van der Waals surface area contributed by atoms with Crippen molar-refractivity contribution in [2.45, 2.75) is 71.4 Å². The Morgan fingerprint density at radius 1 is 0.846 bits per heavy atom. The molecule has 1 saturated heterocycles. The van der Waals surface area contributed by atoms with Crippen molar-refractivity contribution < 1.29 is 47.7 Å². The van der Waals surface area contributed by atoms with Gasteiger partial charge in [0, 0.05) is 27.7 Å². The fourth-order valence-electron chi connectivity index (χ4n) is 3.98. The van der Waals surface area contributed by atoms with Gasteiger partial charge in [0.2, 0.25) is 0 Å². The molecular formula is C26H30N2O10S. The number of hydrogen-bond acceptors (Lipinski definition) is 12. The molecule has 0 radical (unpaired) electrons. The lowest BCUT2D eigenvalue weighted by Gasteiger charge is -2.44. The smallest absolute Gasteiger partial charge is 0.303 e. The highest BCUT2D eigenvalue weighted by molar-refractivity contribution is 8.14. The molecular weight excluding hydrogens is 532 g/mol. The van der Waals surface area contributed by atoms with E-state index in [0.717, 1.165) is 32.5 Å². The van der Waals surface area contributed by atoms with Crippen LogP contribution in [0.25, 0.3) is 0 Å². The van der Waals surface area contributed by atoms with Gasteiger partial charge in [-0.25, -0.2) is 4.99 Å². The second-order valence-electron chi connectivity index (χ2n) is 8.90. The van der Waals surface area contributed by atoms with Crippen LogP contribution in [0.1, 0.15) is 41.5 Å². The second kappa shape index (κ2) is 12.9. The third-order valence-corrected chi connectivity index (χ3v) is 6.56. The molecule has 0 saturated carbocycles. The van der Waals surface area contributed by atoms with Gasteiger partial charge >= 0.3 is 23.9 Å². The number of nitrogens with zero attached hydrogens (tertiary/aromatic N) is 2. The first kappa shape index (κ1) is 29.8. The molecule has 39 heavy (non-hydrogen) atoms. The summed E-state index contributed by atoms with van der Waals surface area (Å²) in [4.78, 5) is 66.9. The van der Waals surface area contributed by atoms with Gasteiger partial charge in [-0.1, -0.05) is 30.0 Å². The van der Waals surface area contributed by atoms with Gasteiger partial charge in [0.25, 0.3) is 5.91 Å². The highest BCUT2D eigenvalue weighted by Gasteiger charge is 2.53. The molecule has 0 spiro atoms. The molecule has 5 atom stereocenters. The Hall–Kier alpha value is -3.71. The van der Waals surface area contributed by atoms with Crippen LogP contribution < -0.4 is 4.90 Å². The molecule has 2 aliphatic heterocycles. The number of aliphatic imine (C=N–C) groups is 1. The van der Waals surface area contributed by atoms with E-state index in [1.807, 2.05) is 0 Å². The zero-order valence-electron chi connectivity index (χ0n) is 22.4. The van der Waals surface area contributed by atoms with Gasteiger partial charge < -0.3 is 23.7 Å². The minimum Gasteiger partial charge on any atom is -0.463 e. The Morgan fingerprint density at radius 2 is 1.41 bits per heavy atom. The SMILES string of the molecule is CC(=O)OC[C@@H]1O[C@@H](SC2=NC(=C(C)C)C(=O)N2c2ccccc2)[C@H](OC(C)=O)[C@@H](OC(C)=O)[C@H]1OC(C)=O. The van der Waals surface area contributed by atoms with Gasteiger partial charge in [-0.2, -0.15) is 0 Å². The number of benzene rings is 1. The molecule has 1 aromatic rings. The van der Waals surface area contributed by atoms with Crippen molar-refractivity contribution in [3.05, 3.63) is 41.6 Å². The summed E-state index contributed by atoms with van der Waals surface area (Å²) in [6.07, 6.45) is -5.01. The van der Waals surface area contributed by atoms with Crippen molar-refractivity contribution >= 4 is 52.4 Å². The van der Waals surface area contributed by atoms with E-state index in [0.29, 0.717) is 11.3 Å². The molecule has 12 nitrogen and oxygen atoms in total. The van der Waals surface area contributed by atoms with E-state index in [1.54, 1.807) is 44.2 Å². The molecule has 1 fully saturated rings. The molecule has 0 unspecified atom stereocenters. The molecule has 0 aromatic heterocycles. The summed E-state index contributed by atoms with van der Waals surface area (Å²) >= 11 is 0.945. The molecule has 3 rings (SSSR count). The summed E-state index contributed by atoms with van der Waals surface area (Å²) in [7, 11) is 0. The maximum Gasteiger partial charge on any atom is 0.303 e. The number of thioether (sulfide) groups is 1. The molecule has 0 aliphatic carbocycles.